The number of hydrogen-bond donors (Lipinski definition) is 1. The number of rotatable bonds is 6. The molecule has 2 aromatic rings. The van der Waals surface area contributed by atoms with Gasteiger partial charge in [0.2, 0.25) is 0 Å². The van der Waals surface area contributed by atoms with Crippen LogP contribution in [-0.4, -0.2) is 41.5 Å². The van der Waals surface area contributed by atoms with Gasteiger partial charge in [-0.3, -0.25) is 4.90 Å². The molecular weight excluding hydrogens is 349 g/mol. The lowest BCUT2D eigenvalue weighted by molar-refractivity contribution is 0.188. The van der Waals surface area contributed by atoms with Crippen molar-refractivity contribution in [2.24, 2.45) is 0 Å². The normalized spacial score (nSPS) is 17.0. The number of fused-ring (bicyclic) bond motifs is 1. The average molecular weight is 373 g/mol. The molecule has 1 N–H and O–H groups in total. The van der Waals surface area contributed by atoms with Gasteiger partial charge in [0, 0.05) is 43.6 Å². The summed E-state index contributed by atoms with van der Waals surface area (Å²) < 4.78 is 13.1. The summed E-state index contributed by atoms with van der Waals surface area (Å²) in [6.07, 6.45) is 3.23. The van der Waals surface area contributed by atoms with Crippen LogP contribution in [0.25, 0.3) is 0 Å². The van der Waals surface area contributed by atoms with E-state index < -0.39 is 0 Å². The predicted molar refractivity (Wildman–Crippen MR) is 102 cm³/mol. The minimum atomic E-state index is -0.244. The monoisotopic (exact) mass is 373 g/mol. The van der Waals surface area contributed by atoms with Crippen molar-refractivity contribution in [1.29, 1.82) is 0 Å². The van der Waals surface area contributed by atoms with Gasteiger partial charge in [-0.2, -0.15) is 0 Å². The Balaban J connectivity index is 1.27. The summed E-state index contributed by atoms with van der Waals surface area (Å²) in [6, 6.07) is 8.94. The van der Waals surface area contributed by atoms with E-state index in [-0.39, 0.29) is 11.8 Å². The number of carbonyl (C=O) groups is 1. The van der Waals surface area contributed by atoms with Crippen LogP contribution in [-0.2, 0) is 19.5 Å². The van der Waals surface area contributed by atoms with E-state index in [2.05, 4.69) is 21.7 Å². The van der Waals surface area contributed by atoms with Gasteiger partial charge in [0.25, 0.3) is 0 Å². The molecule has 2 amide bonds. The highest BCUT2D eigenvalue weighted by Crippen LogP contribution is 2.28. The van der Waals surface area contributed by atoms with Crippen molar-refractivity contribution in [3.8, 4) is 0 Å². The second-order valence-corrected chi connectivity index (χ2v) is 8.11. The van der Waals surface area contributed by atoms with Crippen LogP contribution in [0.15, 0.2) is 35.7 Å². The largest absolute Gasteiger partial charge is 0.337 e. The molecule has 0 radical (unpaired) electrons. The van der Waals surface area contributed by atoms with Gasteiger partial charge in [0.15, 0.2) is 0 Å². The van der Waals surface area contributed by atoms with E-state index >= 15 is 0 Å². The average Bonchev–Trinajstić information content (AvgIpc) is 3.38. The number of nitrogens with zero attached hydrogens (tertiary/aromatic N) is 2. The number of amides is 2. The maximum Gasteiger partial charge on any atom is 0.317 e. The van der Waals surface area contributed by atoms with Crippen molar-refractivity contribution < 1.29 is 9.18 Å². The van der Waals surface area contributed by atoms with Crippen molar-refractivity contribution in [2.75, 3.05) is 19.6 Å². The predicted octanol–water partition coefficient (Wildman–Crippen LogP) is 3.62. The second-order valence-electron chi connectivity index (χ2n) is 7.11. The van der Waals surface area contributed by atoms with Crippen LogP contribution >= 0.6 is 11.3 Å². The lowest BCUT2D eigenvalue weighted by Crippen LogP contribution is -2.44. The zero-order valence-electron chi connectivity index (χ0n) is 14.8. The summed E-state index contributed by atoms with van der Waals surface area (Å²) in [6.45, 7) is 4.11. The lowest BCUT2D eigenvalue weighted by Gasteiger charge is -2.28. The molecule has 0 bridgehead atoms. The van der Waals surface area contributed by atoms with Crippen LogP contribution in [0, 0.1) is 5.82 Å². The number of benzene rings is 1. The van der Waals surface area contributed by atoms with E-state index in [0.717, 1.165) is 44.5 Å². The summed E-state index contributed by atoms with van der Waals surface area (Å²) >= 11 is 1.85. The van der Waals surface area contributed by atoms with Crippen LogP contribution in [0.4, 0.5) is 9.18 Å². The summed E-state index contributed by atoms with van der Waals surface area (Å²) in [4.78, 5) is 18.4. The van der Waals surface area contributed by atoms with Crippen molar-refractivity contribution in [1.82, 2.24) is 15.1 Å². The van der Waals surface area contributed by atoms with Crippen LogP contribution in [0.2, 0.25) is 0 Å². The van der Waals surface area contributed by atoms with E-state index in [1.54, 1.807) is 12.1 Å². The fourth-order valence-corrected chi connectivity index (χ4v) is 4.35. The number of thiophene rings is 1. The lowest BCUT2D eigenvalue weighted by atomic mass is 10.1. The summed E-state index contributed by atoms with van der Waals surface area (Å²) in [5, 5.41) is 5.24. The van der Waals surface area contributed by atoms with Crippen LogP contribution in [0.3, 0.4) is 0 Å². The Morgan fingerprint density at radius 1 is 1.27 bits per heavy atom. The molecule has 26 heavy (non-hydrogen) atoms. The number of carbonyl (C=O) groups excluding carboxylic acids is 1. The smallest absolute Gasteiger partial charge is 0.317 e. The summed E-state index contributed by atoms with van der Waals surface area (Å²) in [5.41, 5.74) is 2.40. The van der Waals surface area contributed by atoms with Gasteiger partial charge >= 0.3 is 6.03 Å². The van der Waals surface area contributed by atoms with Gasteiger partial charge in [-0.15, -0.1) is 11.3 Å². The van der Waals surface area contributed by atoms with E-state index in [1.807, 2.05) is 16.2 Å². The Morgan fingerprint density at radius 2 is 2.08 bits per heavy atom. The van der Waals surface area contributed by atoms with E-state index in [0.29, 0.717) is 19.1 Å². The molecule has 4 rings (SSSR count). The molecule has 4 nitrogen and oxygen atoms in total. The first-order chi connectivity index (χ1) is 12.7. The molecule has 0 saturated heterocycles. The third-order valence-corrected chi connectivity index (χ3v) is 6.13. The van der Waals surface area contributed by atoms with E-state index in [1.165, 1.54) is 22.6 Å². The summed E-state index contributed by atoms with van der Waals surface area (Å²) in [5.74, 6) is -0.244. The van der Waals surface area contributed by atoms with Gasteiger partial charge in [-0.05, 0) is 54.0 Å². The fraction of sp³-hybridized carbons (Fsp3) is 0.450. The summed E-state index contributed by atoms with van der Waals surface area (Å²) in [7, 11) is 0. The van der Waals surface area contributed by atoms with Gasteiger partial charge in [0.05, 0.1) is 0 Å². The molecule has 1 fully saturated rings. The third-order valence-electron chi connectivity index (χ3n) is 5.11. The maximum absolute atomic E-state index is 13.1. The molecule has 0 unspecified atom stereocenters. The Bertz CT molecular complexity index is 757. The van der Waals surface area contributed by atoms with Gasteiger partial charge in [0.1, 0.15) is 5.82 Å². The van der Waals surface area contributed by atoms with Crippen LogP contribution < -0.4 is 5.32 Å². The fourth-order valence-electron chi connectivity index (χ4n) is 3.46. The molecule has 6 heteroatoms. The number of nitrogens with one attached hydrogen (secondary N) is 1. The van der Waals surface area contributed by atoms with Crippen molar-refractivity contribution in [3.63, 3.8) is 0 Å². The van der Waals surface area contributed by atoms with E-state index in [4.69, 9.17) is 0 Å². The van der Waals surface area contributed by atoms with Crippen molar-refractivity contribution in [3.05, 3.63) is 57.5 Å². The van der Waals surface area contributed by atoms with Crippen molar-refractivity contribution in [2.45, 2.75) is 38.4 Å². The molecule has 1 aliphatic carbocycles. The molecule has 0 spiro atoms. The molecule has 1 aromatic carbocycles. The SMILES string of the molecule is O=C(NCCN1CCc2sccc2C1)N(Cc1ccc(F)cc1)C1CC1. The van der Waals surface area contributed by atoms with Crippen molar-refractivity contribution >= 4 is 17.4 Å². The van der Waals surface area contributed by atoms with Gasteiger partial charge < -0.3 is 10.2 Å². The number of halogens is 1. The molecule has 0 atom stereocenters. The highest BCUT2D eigenvalue weighted by atomic mass is 32.1. The highest BCUT2D eigenvalue weighted by Gasteiger charge is 2.32. The Labute approximate surface area is 157 Å². The first-order valence-electron chi connectivity index (χ1n) is 9.25. The standard InChI is InChI=1S/C20H24FN3OS/c21-17-3-1-15(2-4-17)13-24(18-5-6-18)20(25)22-9-11-23-10-7-19-16(14-23)8-12-26-19/h1-4,8,12,18H,5-7,9-11,13-14H2,(H,22,25). The van der Waals surface area contributed by atoms with Gasteiger partial charge in [-0.25, -0.2) is 9.18 Å². The number of urea groups is 1. The quantitative estimate of drug-likeness (QED) is 0.839. The van der Waals surface area contributed by atoms with E-state index in [9.17, 15) is 9.18 Å². The molecular formula is C20H24FN3OS. The molecule has 138 valence electrons. The first kappa shape index (κ1) is 17.5. The first-order valence-corrected chi connectivity index (χ1v) is 10.1. The molecule has 2 aliphatic rings. The molecule has 1 saturated carbocycles. The van der Waals surface area contributed by atoms with Crippen LogP contribution in [0.1, 0.15) is 28.8 Å². The zero-order valence-corrected chi connectivity index (χ0v) is 15.6. The van der Waals surface area contributed by atoms with Gasteiger partial charge in [-0.1, -0.05) is 12.1 Å². The second kappa shape index (κ2) is 7.76. The molecule has 1 aromatic heterocycles. The minimum absolute atomic E-state index is 0.00921. The molecule has 2 heterocycles. The Morgan fingerprint density at radius 3 is 2.85 bits per heavy atom. The maximum atomic E-state index is 13.1. The minimum Gasteiger partial charge on any atom is -0.337 e. The third kappa shape index (κ3) is 4.24. The number of hydrogen-bond acceptors (Lipinski definition) is 3. The Kier molecular flexibility index (Phi) is 5.22. The zero-order chi connectivity index (χ0) is 17.9. The molecule has 1 aliphatic heterocycles. The Hall–Kier alpha value is -1.92. The van der Waals surface area contributed by atoms with Crippen LogP contribution in [0.5, 0.6) is 0 Å². The highest BCUT2D eigenvalue weighted by molar-refractivity contribution is 7.10. The topological polar surface area (TPSA) is 35.6 Å².